The van der Waals surface area contributed by atoms with Gasteiger partial charge >= 0.3 is 0 Å². The molecule has 0 aliphatic rings. The van der Waals surface area contributed by atoms with Crippen LogP contribution in [0.4, 0.5) is 0 Å². The van der Waals surface area contributed by atoms with E-state index in [1.54, 1.807) is 7.05 Å². The van der Waals surface area contributed by atoms with Gasteiger partial charge in [-0.25, -0.2) is 8.42 Å². The minimum atomic E-state index is -2.92. The maximum atomic E-state index is 10.9. The van der Waals surface area contributed by atoms with Crippen molar-refractivity contribution in [3.63, 3.8) is 0 Å². The maximum Gasteiger partial charge on any atom is 0.191 e. The number of rotatable bonds is 5. The summed E-state index contributed by atoms with van der Waals surface area (Å²) in [6.07, 6.45) is 1.22. The molecule has 17 heavy (non-hydrogen) atoms. The van der Waals surface area contributed by atoms with Crippen molar-refractivity contribution >= 4 is 39.8 Å². The van der Waals surface area contributed by atoms with Crippen LogP contribution in [0.1, 0.15) is 20.8 Å². The van der Waals surface area contributed by atoms with Crippen molar-refractivity contribution < 1.29 is 8.42 Å². The first-order valence-electron chi connectivity index (χ1n) is 5.41. The Hall–Kier alpha value is -0.0500. The molecule has 0 aliphatic heterocycles. The molecule has 0 saturated carbocycles. The Morgan fingerprint density at radius 2 is 1.82 bits per heavy atom. The van der Waals surface area contributed by atoms with Crippen molar-refractivity contribution in [3.8, 4) is 0 Å². The summed E-state index contributed by atoms with van der Waals surface area (Å²) in [7, 11) is -1.25. The lowest BCUT2D eigenvalue weighted by Crippen LogP contribution is -2.45. The Bertz CT molecular complexity index is 328. The SMILES string of the molecule is CN=C(NCCS(C)(=O)=O)NC(C)C(C)C.I. The second-order valence-corrected chi connectivity index (χ2v) is 6.57. The van der Waals surface area contributed by atoms with Crippen molar-refractivity contribution in [2.24, 2.45) is 10.9 Å². The molecule has 7 heteroatoms. The largest absolute Gasteiger partial charge is 0.355 e. The molecule has 1 atom stereocenters. The fourth-order valence-corrected chi connectivity index (χ4v) is 1.40. The summed E-state index contributed by atoms with van der Waals surface area (Å²) in [4.78, 5) is 4.03. The van der Waals surface area contributed by atoms with Gasteiger partial charge in [0.05, 0.1) is 5.75 Å². The molecule has 0 aromatic heterocycles. The highest BCUT2D eigenvalue weighted by molar-refractivity contribution is 14.0. The van der Waals surface area contributed by atoms with E-state index >= 15 is 0 Å². The zero-order valence-corrected chi connectivity index (χ0v) is 14.3. The average Bonchev–Trinajstić information content (AvgIpc) is 2.13. The van der Waals surface area contributed by atoms with Crippen molar-refractivity contribution in [3.05, 3.63) is 0 Å². The van der Waals surface area contributed by atoms with Crippen LogP contribution in [-0.2, 0) is 9.84 Å². The molecule has 0 aliphatic carbocycles. The summed E-state index contributed by atoms with van der Waals surface area (Å²) in [5, 5.41) is 6.17. The van der Waals surface area contributed by atoms with Crippen LogP contribution in [0.3, 0.4) is 0 Å². The number of aliphatic imine (C=N–C) groups is 1. The highest BCUT2D eigenvalue weighted by Crippen LogP contribution is 1.98. The van der Waals surface area contributed by atoms with Gasteiger partial charge in [0.15, 0.2) is 5.96 Å². The van der Waals surface area contributed by atoms with Gasteiger partial charge in [0.1, 0.15) is 9.84 Å². The summed E-state index contributed by atoms with van der Waals surface area (Å²) in [5.74, 6) is 1.25. The van der Waals surface area contributed by atoms with E-state index < -0.39 is 9.84 Å². The molecule has 104 valence electrons. The van der Waals surface area contributed by atoms with Crippen LogP contribution in [0.2, 0.25) is 0 Å². The maximum absolute atomic E-state index is 10.9. The Balaban J connectivity index is 0. The Labute approximate surface area is 122 Å². The van der Waals surface area contributed by atoms with Crippen LogP contribution in [-0.4, -0.2) is 46.0 Å². The van der Waals surface area contributed by atoms with Gasteiger partial charge < -0.3 is 10.6 Å². The second kappa shape index (κ2) is 8.96. The Morgan fingerprint density at radius 1 is 1.29 bits per heavy atom. The van der Waals surface area contributed by atoms with Gasteiger partial charge in [-0.05, 0) is 12.8 Å². The highest BCUT2D eigenvalue weighted by Gasteiger charge is 2.09. The number of halogens is 1. The van der Waals surface area contributed by atoms with E-state index in [4.69, 9.17) is 0 Å². The highest BCUT2D eigenvalue weighted by atomic mass is 127. The third-order valence-corrected chi connectivity index (χ3v) is 3.30. The molecule has 0 heterocycles. The zero-order valence-electron chi connectivity index (χ0n) is 11.1. The predicted molar refractivity (Wildman–Crippen MR) is 83.9 cm³/mol. The fourth-order valence-electron chi connectivity index (χ4n) is 0.932. The van der Waals surface area contributed by atoms with Gasteiger partial charge in [-0.3, -0.25) is 4.99 Å². The van der Waals surface area contributed by atoms with E-state index in [9.17, 15) is 8.42 Å². The molecule has 1 unspecified atom stereocenters. The van der Waals surface area contributed by atoms with Gasteiger partial charge in [0.25, 0.3) is 0 Å². The summed E-state index contributed by atoms with van der Waals surface area (Å²) in [6, 6.07) is 0.296. The van der Waals surface area contributed by atoms with Crippen molar-refractivity contribution in [1.82, 2.24) is 10.6 Å². The zero-order chi connectivity index (χ0) is 12.8. The van der Waals surface area contributed by atoms with Crippen LogP contribution in [0.25, 0.3) is 0 Å². The molecular weight excluding hydrogens is 353 g/mol. The molecule has 0 saturated heterocycles. The van der Waals surface area contributed by atoms with Gasteiger partial charge in [-0.15, -0.1) is 24.0 Å². The molecule has 0 aromatic carbocycles. The minimum Gasteiger partial charge on any atom is -0.355 e. The van der Waals surface area contributed by atoms with Crippen molar-refractivity contribution in [2.45, 2.75) is 26.8 Å². The number of nitrogens with zero attached hydrogens (tertiary/aromatic N) is 1. The van der Waals surface area contributed by atoms with E-state index in [0.29, 0.717) is 24.5 Å². The monoisotopic (exact) mass is 377 g/mol. The first-order chi connectivity index (χ1) is 7.26. The second-order valence-electron chi connectivity index (χ2n) is 4.31. The topological polar surface area (TPSA) is 70.6 Å². The minimum absolute atomic E-state index is 0. The molecule has 5 nitrogen and oxygen atoms in total. The number of sulfone groups is 1. The van der Waals surface area contributed by atoms with Gasteiger partial charge in [-0.1, -0.05) is 13.8 Å². The molecular formula is C10H24IN3O2S. The summed E-state index contributed by atoms with van der Waals surface area (Å²) in [6.45, 7) is 6.67. The number of hydrogen-bond donors (Lipinski definition) is 2. The van der Waals surface area contributed by atoms with Crippen molar-refractivity contribution in [2.75, 3.05) is 25.6 Å². The van der Waals surface area contributed by atoms with E-state index in [-0.39, 0.29) is 29.7 Å². The molecule has 2 N–H and O–H groups in total. The standard InChI is InChI=1S/C10H23N3O2S.HI/c1-8(2)9(3)13-10(11-4)12-6-7-16(5,14)15;/h8-9H,6-7H2,1-5H3,(H2,11,12,13);1H. The Kier molecular flexibility index (Phi) is 10.2. The quantitative estimate of drug-likeness (QED) is 0.424. The molecule has 0 rings (SSSR count). The van der Waals surface area contributed by atoms with E-state index in [0.717, 1.165) is 0 Å². The van der Waals surface area contributed by atoms with Gasteiger partial charge in [0.2, 0.25) is 0 Å². The summed E-state index contributed by atoms with van der Waals surface area (Å²) >= 11 is 0. The van der Waals surface area contributed by atoms with E-state index in [2.05, 4.69) is 36.4 Å². The van der Waals surface area contributed by atoms with Gasteiger partial charge in [-0.2, -0.15) is 0 Å². The first-order valence-corrected chi connectivity index (χ1v) is 7.47. The van der Waals surface area contributed by atoms with Crippen LogP contribution in [0.15, 0.2) is 4.99 Å². The van der Waals surface area contributed by atoms with Crippen LogP contribution in [0.5, 0.6) is 0 Å². The van der Waals surface area contributed by atoms with Crippen molar-refractivity contribution in [1.29, 1.82) is 0 Å². The lowest BCUT2D eigenvalue weighted by Gasteiger charge is -2.20. The smallest absolute Gasteiger partial charge is 0.191 e. The third-order valence-electron chi connectivity index (χ3n) is 2.35. The number of nitrogens with one attached hydrogen (secondary N) is 2. The van der Waals surface area contributed by atoms with E-state index in [1.807, 2.05) is 0 Å². The molecule has 0 amide bonds. The Morgan fingerprint density at radius 3 is 2.18 bits per heavy atom. The van der Waals surface area contributed by atoms with Crippen LogP contribution >= 0.6 is 24.0 Å². The molecule has 0 aromatic rings. The van der Waals surface area contributed by atoms with E-state index in [1.165, 1.54) is 6.26 Å². The number of hydrogen-bond acceptors (Lipinski definition) is 3. The van der Waals surface area contributed by atoms with Crippen LogP contribution < -0.4 is 10.6 Å². The first kappa shape index (κ1) is 19.3. The normalized spacial score (nSPS) is 14.1. The predicted octanol–water partition coefficient (Wildman–Crippen LogP) is 0.858. The lowest BCUT2D eigenvalue weighted by molar-refractivity contribution is 0.481. The molecule has 0 spiro atoms. The summed E-state index contributed by atoms with van der Waals surface area (Å²) in [5.41, 5.74) is 0. The molecule has 0 fully saturated rings. The third kappa shape index (κ3) is 10.8. The molecule has 0 radical (unpaired) electrons. The fraction of sp³-hybridized carbons (Fsp3) is 0.900. The number of guanidine groups is 1. The van der Waals surface area contributed by atoms with Crippen LogP contribution in [0, 0.1) is 5.92 Å². The molecule has 0 bridgehead atoms. The lowest BCUT2D eigenvalue weighted by atomic mass is 10.1. The van der Waals surface area contributed by atoms with Gasteiger partial charge in [0, 0.05) is 25.9 Å². The average molecular weight is 377 g/mol. The summed E-state index contributed by atoms with van der Waals surface area (Å²) < 4.78 is 21.9.